The van der Waals surface area contributed by atoms with Gasteiger partial charge in [0.2, 0.25) is 10.0 Å². The van der Waals surface area contributed by atoms with Gasteiger partial charge in [0.05, 0.1) is 0 Å². The van der Waals surface area contributed by atoms with Crippen LogP contribution in [-0.2, 0) is 23.5 Å². The Morgan fingerprint density at radius 1 is 1.36 bits per heavy atom. The summed E-state index contributed by atoms with van der Waals surface area (Å²) in [5.74, 6) is 0.825. The van der Waals surface area contributed by atoms with Crippen LogP contribution in [0.5, 0.6) is 0 Å². The second-order valence-corrected chi connectivity index (χ2v) is 6.73. The average molecular weight is 341 g/mol. The van der Waals surface area contributed by atoms with Crippen LogP contribution in [0.4, 0.5) is 0 Å². The summed E-state index contributed by atoms with van der Waals surface area (Å²) in [6, 6.07) is 7.05. The van der Waals surface area contributed by atoms with E-state index in [9.17, 15) is 8.42 Å². The van der Waals surface area contributed by atoms with Crippen LogP contribution in [0.15, 0.2) is 36.0 Å². The van der Waals surface area contributed by atoms with Crippen molar-refractivity contribution < 1.29 is 8.42 Å². The summed E-state index contributed by atoms with van der Waals surface area (Å²) in [7, 11) is -1.68. The summed E-state index contributed by atoms with van der Waals surface area (Å²) >= 11 is 5.97. The molecule has 0 fully saturated rings. The van der Waals surface area contributed by atoms with Crippen LogP contribution in [0.25, 0.3) is 6.08 Å². The molecule has 118 valence electrons. The van der Waals surface area contributed by atoms with E-state index < -0.39 is 10.0 Å². The second-order valence-electron chi connectivity index (χ2n) is 4.67. The highest BCUT2D eigenvalue weighted by atomic mass is 35.5. The van der Waals surface area contributed by atoms with Crippen molar-refractivity contribution in [3.05, 3.63) is 52.4 Å². The fourth-order valence-corrected chi connectivity index (χ4v) is 2.88. The molecule has 2 rings (SSSR count). The molecular weight excluding hydrogens is 324 g/mol. The highest BCUT2D eigenvalue weighted by molar-refractivity contribution is 7.92. The first-order valence-corrected chi connectivity index (χ1v) is 8.65. The standard InChI is InChI=1S/C14H17ClN4O2S/c1-19-14(16-11-17-19)7-4-9-18-22(20,21)10-8-12-5-2-3-6-13(12)15/h2-3,5-6,8,10-11,18H,4,7,9H2,1H3. The molecule has 0 amide bonds. The van der Waals surface area contributed by atoms with Crippen molar-refractivity contribution in [1.82, 2.24) is 19.5 Å². The van der Waals surface area contributed by atoms with E-state index in [4.69, 9.17) is 11.6 Å². The molecule has 0 aliphatic carbocycles. The number of rotatable bonds is 7. The van der Waals surface area contributed by atoms with E-state index in [1.54, 1.807) is 36.0 Å². The first-order chi connectivity index (χ1) is 10.5. The van der Waals surface area contributed by atoms with Crippen LogP contribution in [0, 0.1) is 0 Å². The summed E-state index contributed by atoms with van der Waals surface area (Å²) < 4.78 is 27.9. The molecule has 0 saturated carbocycles. The monoisotopic (exact) mass is 340 g/mol. The normalized spacial score (nSPS) is 12.1. The molecule has 0 unspecified atom stereocenters. The van der Waals surface area contributed by atoms with E-state index in [0.717, 1.165) is 11.2 Å². The number of nitrogens with one attached hydrogen (secondary N) is 1. The summed E-state index contributed by atoms with van der Waals surface area (Å²) in [5, 5.41) is 5.59. The Kier molecular flexibility index (Phi) is 5.70. The molecule has 0 spiro atoms. The van der Waals surface area contributed by atoms with Gasteiger partial charge in [-0.15, -0.1) is 0 Å². The van der Waals surface area contributed by atoms with Gasteiger partial charge in [0.25, 0.3) is 0 Å². The van der Waals surface area contributed by atoms with Crippen LogP contribution < -0.4 is 4.72 Å². The van der Waals surface area contributed by atoms with Gasteiger partial charge >= 0.3 is 0 Å². The first kappa shape index (κ1) is 16.7. The molecule has 22 heavy (non-hydrogen) atoms. The van der Waals surface area contributed by atoms with Gasteiger partial charge in [-0.2, -0.15) is 5.10 Å². The van der Waals surface area contributed by atoms with E-state index in [2.05, 4.69) is 14.8 Å². The van der Waals surface area contributed by atoms with Crippen molar-refractivity contribution in [3.63, 3.8) is 0 Å². The molecule has 0 aliphatic rings. The maximum absolute atomic E-state index is 11.9. The van der Waals surface area contributed by atoms with E-state index in [-0.39, 0.29) is 0 Å². The molecule has 0 atom stereocenters. The minimum absolute atomic E-state index is 0.335. The molecule has 1 aromatic carbocycles. The summed E-state index contributed by atoms with van der Waals surface area (Å²) in [4.78, 5) is 4.08. The summed E-state index contributed by atoms with van der Waals surface area (Å²) in [6.07, 6.45) is 4.26. The lowest BCUT2D eigenvalue weighted by atomic mass is 10.2. The number of benzene rings is 1. The Morgan fingerprint density at radius 3 is 2.82 bits per heavy atom. The van der Waals surface area contributed by atoms with Crippen molar-refractivity contribution >= 4 is 27.7 Å². The third-order valence-corrected chi connectivity index (χ3v) is 4.46. The highest BCUT2D eigenvalue weighted by Crippen LogP contribution is 2.16. The maximum Gasteiger partial charge on any atom is 0.233 e. The molecule has 1 aromatic heterocycles. The van der Waals surface area contributed by atoms with Crippen LogP contribution in [0.1, 0.15) is 17.8 Å². The van der Waals surface area contributed by atoms with Crippen LogP contribution in [0.2, 0.25) is 5.02 Å². The number of nitrogens with zero attached hydrogens (tertiary/aromatic N) is 3. The third kappa shape index (κ3) is 4.94. The molecule has 0 saturated heterocycles. The van der Waals surface area contributed by atoms with E-state index in [1.807, 2.05) is 0 Å². The predicted molar refractivity (Wildman–Crippen MR) is 86.7 cm³/mol. The van der Waals surface area contributed by atoms with Gasteiger partial charge in [-0.3, -0.25) is 4.68 Å². The molecule has 0 aliphatic heterocycles. The Balaban J connectivity index is 1.84. The lowest BCUT2D eigenvalue weighted by Gasteiger charge is -2.03. The van der Waals surface area contributed by atoms with Crippen molar-refractivity contribution in [2.75, 3.05) is 6.54 Å². The van der Waals surface area contributed by atoms with Crippen LogP contribution in [-0.4, -0.2) is 29.7 Å². The average Bonchev–Trinajstić information content (AvgIpc) is 2.88. The van der Waals surface area contributed by atoms with E-state index in [1.165, 1.54) is 12.4 Å². The fraction of sp³-hybridized carbons (Fsp3) is 0.286. The number of sulfonamides is 1. The van der Waals surface area contributed by atoms with Crippen molar-refractivity contribution in [1.29, 1.82) is 0 Å². The summed E-state index contributed by atoms with van der Waals surface area (Å²) in [5.41, 5.74) is 0.661. The van der Waals surface area contributed by atoms with E-state index >= 15 is 0 Å². The van der Waals surface area contributed by atoms with Gasteiger partial charge < -0.3 is 0 Å². The van der Waals surface area contributed by atoms with Gasteiger partial charge in [0.15, 0.2) is 0 Å². The molecule has 0 bridgehead atoms. The predicted octanol–water partition coefficient (Wildman–Crippen LogP) is 1.99. The minimum Gasteiger partial charge on any atom is -0.253 e. The topological polar surface area (TPSA) is 76.9 Å². The van der Waals surface area contributed by atoms with Crippen molar-refractivity contribution in [3.8, 4) is 0 Å². The Morgan fingerprint density at radius 2 is 2.14 bits per heavy atom. The minimum atomic E-state index is -3.48. The first-order valence-electron chi connectivity index (χ1n) is 6.73. The lowest BCUT2D eigenvalue weighted by Crippen LogP contribution is -2.23. The molecule has 8 heteroatoms. The Bertz CT molecular complexity index is 756. The van der Waals surface area contributed by atoms with E-state index in [0.29, 0.717) is 30.0 Å². The highest BCUT2D eigenvalue weighted by Gasteiger charge is 2.06. The van der Waals surface area contributed by atoms with Gasteiger partial charge in [0, 0.05) is 30.4 Å². The Labute approximate surface area is 134 Å². The van der Waals surface area contributed by atoms with Gasteiger partial charge in [0.1, 0.15) is 12.2 Å². The van der Waals surface area contributed by atoms with Crippen LogP contribution in [0.3, 0.4) is 0 Å². The zero-order valence-electron chi connectivity index (χ0n) is 12.1. The zero-order valence-corrected chi connectivity index (χ0v) is 13.7. The van der Waals surface area contributed by atoms with Gasteiger partial charge in [-0.1, -0.05) is 29.8 Å². The smallest absolute Gasteiger partial charge is 0.233 e. The lowest BCUT2D eigenvalue weighted by molar-refractivity contribution is 0.585. The quantitative estimate of drug-likeness (QED) is 0.782. The molecule has 0 radical (unpaired) electrons. The molecule has 2 aromatic rings. The summed E-state index contributed by atoms with van der Waals surface area (Å²) in [6.45, 7) is 0.335. The Hall–Kier alpha value is -1.70. The SMILES string of the molecule is Cn1ncnc1CCCNS(=O)(=O)C=Cc1ccccc1Cl. The molecule has 1 heterocycles. The molecule has 1 N–H and O–H groups in total. The van der Waals surface area contributed by atoms with Crippen molar-refractivity contribution in [2.45, 2.75) is 12.8 Å². The molecule has 6 nitrogen and oxygen atoms in total. The van der Waals surface area contributed by atoms with Gasteiger partial charge in [-0.05, 0) is 24.1 Å². The number of hydrogen-bond acceptors (Lipinski definition) is 4. The number of hydrogen-bond donors (Lipinski definition) is 1. The maximum atomic E-state index is 11.9. The third-order valence-electron chi connectivity index (χ3n) is 3.02. The largest absolute Gasteiger partial charge is 0.253 e. The zero-order chi connectivity index (χ0) is 16.0. The second kappa shape index (κ2) is 7.53. The number of aryl methyl sites for hydroxylation is 2. The number of aromatic nitrogens is 3. The fourth-order valence-electron chi connectivity index (χ4n) is 1.83. The van der Waals surface area contributed by atoms with Gasteiger partial charge in [-0.25, -0.2) is 18.1 Å². The van der Waals surface area contributed by atoms with Crippen LogP contribution >= 0.6 is 11.6 Å². The number of halogens is 1. The molecular formula is C14H17ClN4O2S. The van der Waals surface area contributed by atoms with Crippen molar-refractivity contribution in [2.24, 2.45) is 7.05 Å².